The van der Waals surface area contributed by atoms with Crippen LogP contribution in [0.5, 0.6) is 5.75 Å². The largest absolute Gasteiger partial charge is 0.494 e. The Kier molecular flexibility index (Phi) is 5.94. The summed E-state index contributed by atoms with van der Waals surface area (Å²) in [5.74, 6) is 0.974. The Bertz CT molecular complexity index is 279. The molecule has 0 aliphatic carbocycles. The van der Waals surface area contributed by atoms with Gasteiger partial charge in [-0.05, 0) is 30.7 Å². The van der Waals surface area contributed by atoms with Gasteiger partial charge in [0, 0.05) is 12.6 Å². The molecule has 1 unspecified atom stereocenters. The van der Waals surface area contributed by atoms with E-state index in [0.717, 1.165) is 25.3 Å². The average Bonchev–Trinajstić information content (AvgIpc) is 2.26. The van der Waals surface area contributed by atoms with Gasteiger partial charge in [-0.15, -0.1) is 0 Å². The summed E-state index contributed by atoms with van der Waals surface area (Å²) in [6.07, 6.45) is 3.62. The molecule has 0 aliphatic heterocycles. The molecule has 0 saturated carbocycles. The monoisotopic (exact) mass is 221 g/mol. The van der Waals surface area contributed by atoms with Crippen molar-refractivity contribution in [2.45, 2.75) is 32.7 Å². The Labute approximate surface area is 99.2 Å². The van der Waals surface area contributed by atoms with Gasteiger partial charge in [-0.2, -0.15) is 7.05 Å². The molecule has 16 heavy (non-hydrogen) atoms. The first-order chi connectivity index (χ1) is 7.72. The molecule has 2 nitrogen and oxygen atoms in total. The molecule has 0 spiro atoms. The molecule has 90 valence electrons. The zero-order valence-corrected chi connectivity index (χ0v) is 10.5. The van der Waals surface area contributed by atoms with Crippen LogP contribution in [0, 0.1) is 7.05 Å². The Morgan fingerprint density at radius 1 is 1.19 bits per heavy atom. The Balaban J connectivity index is 2.33. The summed E-state index contributed by atoms with van der Waals surface area (Å²) in [6.45, 7) is 3.98. The minimum atomic E-state index is 0.827. The standard InChI is InChI=1S/C14H23NO/c1-4-5-6-11-16-14-9-7-13(8-10-14)12-15(2)3/h7-10,15H,2,4-6,11-12H2,1,3H3. The molecule has 0 aromatic heterocycles. The first-order valence-electron chi connectivity index (χ1n) is 6.08. The van der Waals surface area contributed by atoms with Crippen LogP contribution in [0.1, 0.15) is 31.7 Å². The number of nitrogens with one attached hydrogen (secondary N) is 1. The molecule has 0 fully saturated rings. The molecular formula is C14H23NO. The number of ether oxygens (including phenoxy) is 1. The molecule has 2 heteroatoms. The van der Waals surface area contributed by atoms with Crippen molar-refractivity contribution >= 4 is 0 Å². The van der Waals surface area contributed by atoms with E-state index >= 15 is 0 Å². The van der Waals surface area contributed by atoms with Gasteiger partial charge in [0.2, 0.25) is 0 Å². The highest BCUT2D eigenvalue weighted by Gasteiger charge is 1.97. The van der Waals surface area contributed by atoms with Crippen molar-refractivity contribution in [2.24, 2.45) is 0 Å². The highest BCUT2D eigenvalue weighted by Crippen LogP contribution is 2.12. The molecule has 0 bridgehead atoms. The highest BCUT2D eigenvalue weighted by atomic mass is 16.5. The number of rotatable bonds is 7. The third-order valence-electron chi connectivity index (χ3n) is 2.45. The van der Waals surface area contributed by atoms with Crippen molar-refractivity contribution in [3.05, 3.63) is 36.9 Å². The maximum Gasteiger partial charge on any atom is 0.119 e. The van der Waals surface area contributed by atoms with E-state index in [1.54, 1.807) is 0 Å². The summed E-state index contributed by atoms with van der Waals surface area (Å²) >= 11 is 0. The first kappa shape index (κ1) is 13.0. The second kappa shape index (κ2) is 7.29. The van der Waals surface area contributed by atoms with Crippen LogP contribution in [0.2, 0.25) is 0 Å². The molecule has 1 N–H and O–H groups in total. The van der Waals surface area contributed by atoms with E-state index in [1.165, 1.54) is 23.3 Å². The predicted molar refractivity (Wildman–Crippen MR) is 67.4 cm³/mol. The normalized spacial score (nSPS) is 12.4. The van der Waals surface area contributed by atoms with E-state index in [2.05, 4.69) is 33.2 Å². The van der Waals surface area contributed by atoms with Crippen molar-refractivity contribution in [2.75, 3.05) is 13.7 Å². The fourth-order valence-electron chi connectivity index (χ4n) is 1.59. The van der Waals surface area contributed by atoms with E-state index in [0.29, 0.717) is 0 Å². The topological polar surface area (TPSA) is 13.7 Å². The van der Waals surface area contributed by atoms with Gasteiger partial charge in [-0.25, -0.2) is 0 Å². The average molecular weight is 221 g/mol. The Morgan fingerprint density at radius 3 is 2.44 bits per heavy atom. The molecule has 1 atom stereocenters. The second-order valence-electron chi connectivity index (χ2n) is 4.33. The van der Waals surface area contributed by atoms with E-state index in [1.807, 2.05) is 12.1 Å². The van der Waals surface area contributed by atoms with E-state index in [9.17, 15) is 0 Å². The second-order valence-corrected chi connectivity index (χ2v) is 4.33. The summed E-state index contributed by atoms with van der Waals surface area (Å²) in [5.41, 5.74) is 1.30. The van der Waals surface area contributed by atoms with Crippen LogP contribution in [0.25, 0.3) is 0 Å². The lowest BCUT2D eigenvalue weighted by molar-refractivity contribution is -0.846. The van der Waals surface area contributed by atoms with Crippen LogP contribution in [0.3, 0.4) is 0 Å². The summed E-state index contributed by atoms with van der Waals surface area (Å²) in [6, 6.07) is 8.32. The molecular weight excluding hydrogens is 198 g/mol. The van der Waals surface area contributed by atoms with Gasteiger partial charge in [0.15, 0.2) is 0 Å². The fourth-order valence-corrected chi connectivity index (χ4v) is 1.59. The summed E-state index contributed by atoms with van der Waals surface area (Å²) in [5, 5.41) is 0. The summed E-state index contributed by atoms with van der Waals surface area (Å²) in [4.78, 5) is 1.19. The molecule has 0 radical (unpaired) electrons. The Morgan fingerprint density at radius 2 is 1.88 bits per heavy atom. The lowest BCUT2D eigenvalue weighted by Crippen LogP contribution is -3.01. The molecule has 1 rings (SSSR count). The molecule has 1 aromatic carbocycles. The van der Waals surface area contributed by atoms with Gasteiger partial charge < -0.3 is 9.64 Å². The zero-order valence-electron chi connectivity index (χ0n) is 10.5. The third-order valence-corrected chi connectivity index (χ3v) is 2.45. The van der Waals surface area contributed by atoms with Gasteiger partial charge in [0.1, 0.15) is 5.75 Å². The van der Waals surface area contributed by atoms with Crippen LogP contribution in [0.15, 0.2) is 24.3 Å². The van der Waals surface area contributed by atoms with Crippen molar-refractivity contribution < 1.29 is 9.64 Å². The quantitative estimate of drug-likeness (QED) is 0.549. The lowest BCUT2D eigenvalue weighted by atomic mass is 10.2. The summed E-state index contributed by atoms with van der Waals surface area (Å²) in [7, 11) is 5.96. The van der Waals surface area contributed by atoms with Gasteiger partial charge in [0.05, 0.1) is 13.2 Å². The van der Waals surface area contributed by atoms with Crippen LogP contribution < -0.4 is 9.64 Å². The number of quaternary nitrogens is 1. The number of benzene rings is 1. The maximum atomic E-state index is 5.65. The van der Waals surface area contributed by atoms with Crippen LogP contribution in [-0.4, -0.2) is 13.7 Å². The van der Waals surface area contributed by atoms with Gasteiger partial charge in [-0.3, -0.25) is 0 Å². The highest BCUT2D eigenvalue weighted by molar-refractivity contribution is 5.26. The maximum absolute atomic E-state index is 5.65. The van der Waals surface area contributed by atoms with E-state index in [4.69, 9.17) is 4.74 Å². The van der Waals surface area contributed by atoms with Crippen LogP contribution >= 0.6 is 0 Å². The van der Waals surface area contributed by atoms with Crippen molar-refractivity contribution in [1.29, 1.82) is 0 Å². The number of unbranched alkanes of at least 4 members (excludes halogenated alkanes) is 2. The van der Waals surface area contributed by atoms with Crippen LogP contribution in [-0.2, 0) is 6.54 Å². The molecule has 1 aromatic rings. The zero-order chi connectivity index (χ0) is 11.8. The minimum Gasteiger partial charge on any atom is -0.494 e. The molecule has 0 saturated heterocycles. The van der Waals surface area contributed by atoms with Crippen molar-refractivity contribution in [3.63, 3.8) is 0 Å². The summed E-state index contributed by atoms with van der Waals surface area (Å²) < 4.78 is 5.65. The lowest BCUT2D eigenvalue weighted by Gasteiger charge is -2.14. The Hall–Kier alpha value is -1.02. The molecule has 0 heterocycles. The van der Waals surface area contributed by atoms with E-state index < -0.39 is 0 Å². The fraction of sp³-hybridized carbons (Fsp3) is 0.500. The smallest absolute Gasteiger partial charge is 0.119 e. The van der Waals surface area contributed by atoms with E-state index in [-0.39, 0.29) is 0 Å². The first-order valence-corrected chi connectivity index (χ1v) is 6.08. The SMILES string of the molecule is [CH2-][NH+](C)Cc1ccc(OCCCCC)cc1. The van der Waals surface area contributed by atoms with Gasteiger partial charge in [-0.1, -0.05) is 19.8 Å². The number of hydrogen-bond acceptors (Lipinski definition) is 1. The van der Waals surface area contributed by atoms with Crippen LogP contribution in [0.4, 0.5) is 0 Å². The molecule has 0 aliphatic rings. The van der Waals surface area contributed by atoms with Crippen molar-refractivity contribution in [3.8, 4) is 5.75 Å². The minimum absolute atomic E-state index is 0.827. The molecule has 0 amide bonds. The van der Waals surface area contributed by atoms with Crippen molar-refractivity contribution in [1.82, 2.24) is 0 Å². The van der Waals surface area contributed by atoms with Gasteiger partial charge in [0.25, 0.3) is 0 Å². The van der Waals surface area contributed by atoms with Gasteiger partial charge >= 0.3 is 0 Å². The predicted octanol–water partition coefficient (Wildman–Crippen LogP) is 2.06. The number of hydrogen-bond donors (Lipinski definition) is 1. The third kappa shape index (κ3) is 5.17.